The van der Waals surface area contributed by atoms with Crippen molar-refractivity contribution < 1.29 is 17.6 Å². The first-order chi connectivity index (χ1) is 18.9. The molecule has 2 unspecified atom stereocenters. The Bertz CT molecular complexity index is 1460. The average Bonchev–Trinajstić information content (AvgIpc) is 3.39. The molecule has 3 aromatic rings. The van der Waals surface area contributed by atoms with Crippen LogP contribution in [0.1, 0.15) is 61.7 Å². The molecule has 2 atom stereocenters. The molecule has 0 saturated carbocycles. The topological polar surface area (TPSA) is 60.9 Å². The lowest BCUT2D eigenvalue weighted by molar-refractivity contribution is -0.133. The number of piperazine rings is 1. The number of nitrogens with zero attached hydrogens (tertiary/aromatic N) is 3. The van der Waals surface area contributed by atoms with Crippen molar-refractivity contribution in [2.75, 3.05) is 32.7 Å². The Hall–Kier alpha value is -2.59. The van der Waals surface area contributed by atoms with Crippen molar-refractivity contribution in [3.05, 3.63) is 87.4 Å². The zero-order valence-electron chi connectivity index (χ0n) is 23.6. The van der Waals surface area contributed by atoms with E-state index < -0.39 is 10.0 Å². The van der Waals surface area contributed by atoms with Crippen molar-refractivity contribution in [2.24, 2.45) is 0 Å². The van der Waals surface area contributed by atoms with Gasteiger partial charge in [-0.2, -0.15) is 4.31 Å². The molecule has 6 nitrogen and oxygen atoms in total. The molecule has 1 aromatic heterocycles. The maximum Gasteiger partial charge on any atom is 0.243 e. The van der Waals surface area contributed by atoms with E-state index in [0.29, 0.717) is 26.1 Å². The number of thiophene rings is 1. The van der Waals surface area contributed by atoms with Gasteiger partial charge in [0.1, 0.15) is 5.82 Å². The molecular formula is C31H38FN3O3S2. The SMILES string of the molecule is CC1CN(C(=O)CCN2CCc3sccc3C2c2cccc(F)c2)CCN1S(=O)(=O)c1ccc(C(C)(C)C)cc1. The van der Waals surface area contributed by atoms with Crippen molar-refractivity contribution in [3.8, 4) is 0 Å². The van der Waals surface area contributed by atoms with Crippen molar-refractivity contribution in [1.29, 1.82) is 0 Å². The third kappa shape index (κ3) is 5.88. The molecule has 0 spiro atoms. The van der Waals surface area contributed by atoms with Gasteiger partial charge in [0.25, 0.3) is 0 Å². The summed E-state index contributed by atoms with van der Waals surface area (Å²) >= 11 is 1.73. The molecule has 2 aliphatic rings. The minimum absolute atomic E-state index is 0.0209. The van der Waals surface area contributed by atoms with E-state index in [4.69, 9.17) is 0 Å². The molecule has 3 heterocycles. The molecule has 1 amide bonds. The summed E-state index contributed by atoms with van der Waals surface area (Å²) in [6.07, 6.45) is 1.25. The largest absolute Gasteiger partial charge is 0.340 e. The number of hydrogen-bond donors (Lipinski definition) is 0. The number of sulfonamides is 1. The normalized spacial score (nSPS) is 20.9. The lowest BCUT2D eigenvalue weighted by Crippen LogP contribution is -2.55. The number of fused-ring (bicyclic) bond motifs is 1. The second kappa shape index (κ2) is 11.4. The third-order valence-corrected chi connectivity index (χ3v) is 11.1. The first kappa shape index (κ1) is 28.9. The Morgan fingerprint density at radius 1 is 1.05 bits per heavy atom. The van der Waals surface area contributed by atoms with E-state index in [9.17, 15) is 17.6 Å². The molecule has 0 aliphatic carbocycles. The van der Waals surface area contributed by atoms with E-state index in [0.717, 1.165) is 24.1 Å². The van der Waals surface area contributed by atoms with Gasteiger partial charge in [0, 0.05) is 50.1 Å². The smallest absolute Gasteiger partial charge is 0.243 e. The Kier molecular flexibility index (Phi) is 8.21. The highest BCUT2D eigenvalue weighted by Crippen LogP contribution is 2.38. The van der Waals surface area contributed by atoms with Gasteiger partial charge in [0.15, 0.2) is 0 Å². The van der Waals surface area contributed by atoms with Crippen molar-refractivity contribution >= 4 is 27.3 Å². The van der Waals surface area contributed by atoms with E-state index >= 15 is 0 Å². The summed E-state index contributed by atoms with van der Waals surface area (Å²) in [5.41, 5.74) is 3.12. The fourth-order valence-corrected chi connectivity index (χ4v) is 8.38. The van der Waals surface area contributed by atoms with Crippen molar-refractivity contribution in [3.63, 3.8) is 0 Å². The Morgan fingerprint density at radius 3 is 2.48 bits per heavy atom. The zero-order chi connectivity index (χ0) is 28.7. The fraction of sp³-hybridized carbons (Fsp3) is 0.452. The number of carbonyl (C=O) groups is 1. The summed E-state index contributed by atoms with van der Waals surface area (Å²) in [5, 5.41) is 2.08. The van der Waals surface area contributed by atoms with Gasteiger partial charge in [-0.15, -0.1) is 11.3 Å². The average molecular weight is 584 g/mol. The van der Waals surface area contributed by atoms with E-state index in [1.165, 1.54) is 20.8 Å². The number of hydrogen-bond acceptors (Lipinski definition) is 5. The summed E-state index contributed by atoms with van der Waals surface area (Å²) in [5.74, 6) is -0.240. The zero-order valence-corrected chi connectivity index (χ0v) is 25.3. The van der Waals surface area contributed by atoms with Crippen LogP contribution >= 0.6 is 11.3 Å². The van der Waals surface area contributed by atoms with Gasteiger partial charge in [-0.3, -0.25) is 9.69 Å². The lowest BCUT2D eigenvalue weighted by atomic mass is 9.87. The molecular weight excluding hydrogens is 545 g/mol. The maximum atomic E-state index is 14.1. The van der Waals surface area contributed by atoms with Gasteiger partial charge in [0.05, 0.1) is 10.9 Å². The number of amides is 1. The minimum Gasteiger partial charge on any atom is -0.340 e. The first-order valence-electron chi connectivity index (χ1n) is 13.9. The summed E-state index contributed by atoms with van der Waals surface area (Å²) in [6.45, 7) is 10.5. The summed E-state index contributed by atoms with van der Waals surface area (Å²) < 4.78 is 42.5. The summed E-state index contributed by atoms with van der Waals surface area (Å²) in [6, 6.07) is 15.6. The van der Waals surface area contributed by atoms with Crippen LogP contribution in [0, 0.1) is 5.82 Å². The van der Waals surface area contributed by atoms with Gasteiger partial charge >= 0.3 is 0 Å². The predicted molar refractivity (Wildman–Crippen MR) is 158 cm³/mol. The van der Waals surface area contributed by atoms with Gasteiger partial charge in [0.2, 0.25) is 15.9 Å². The quantitative estimate of drug-likeness (QED) is 0.388. The Morgan fingerprint density at radius 2 is 1.80 bits per heavy atom. The standard InChI is InChI=1S/C31H38FN3O3S2/c1-22-21-34(17-18-35(22)40(37,38)26-10-8-24(9-11-26)31(2,3)4)29(36)13-16-33-15-12-28-27(14-19-39-28)30(33)23-6-5-7-25(32)20-23/h5-11,14,19-20,22,30H,12-13,15-18,21H2,1-4H3. The number of halogens is 1. The Balaban J connectivity index is 1.23. The highest BCUT2D eigenvalue weighted by molar-refractivity contribution is 7.89. The van der Waals surface area contributed by atoms with E-state index in [1.807, 2.05) is 25.1 Å². The predicted octanol–water partition coefficient (Wildman–Crippen LogP) is 5.44. The molecule has 1 fully saturated rings. The van der Waals surface area contributed by atoms with Crippen LogP contribution in [0.4, 0.5) is 4.39 Å². The van der Waals surface area contributed by atoms with Crippen LogP contribution in [-0.4, -0.2) is 67.2 Å². The molecule has 214 valence electrons. The molecule has 2 aliphatic heterocycles. The number of carbonyl (C=O) groups excluding carboxylic acids is 1. The first-order valence-corrected chi connectivity index (χ1v) is 16.2. The molecule has 9 heteroatoms. The maximum absolute atomic E-state index is 14.1. The lowest BCUT2D eigenvalue weighted by Gasteiger charge is -2.40. The second-order valence-corrected chi connectivity index (χ2v) is 14.8. The van der Waals surface area contributed by atoms with Gasteiger partial charge in [-0.25, -0.2) is 12.8 Å². The second-order valence-electron chi connectivity index (χ2n) is 11.9. The molecule has 1 saturated heterocycles. The molecule has 0 N–H and O–H groups in total. The van der Waals surface area contributed by atoms with Crippen LogP contribution in [0.3, 0.4) is 0 Å². The number of rotatable bonds is 6. The third-order valence-electron chi connectivity index (χ3n) is 8.09. The van der Waals surface area contributed by atoms with Crippen molar-refractivity contribution in [2.45, 2.75) is 62.9 Å². The van der Waals surface area contributed by atoms with Crippen LogP contribution in [0.2, 0.25) is 0 Å². The molecule has 0 radical (unpaired) electrons. The molecule has 5 rings (SSSR count). The van der Waals surface area contributed by atoms with E-state index in [-0.39, 0.29) is 40.7 Å². The monoisotopic (exact) mass is 583 g/mol. The minimum atomic E-state index is -3.66. The Labute approximate surface area is 241 Å². The van der Waals surface area contributed by atoms with Crippen LogP contribution < -0.4 is 0 Å². The van der Waals surface area contributed by atoms with Crippen LogP contribution in [0.5, 0.6) is 0 Å². The van der Waals surface area contributed by atoms with Crippen LogP contribution in [-0.2, 0) is 26.7 Å². The van der Waals surface area contributed by atoms with E-state index in [2.05, 4.69) is 37.1 Å². The van der Waals surface area contributed by atoms with Crippen LogP contribution in [0.25, 0.3) is 0 Å². The number of benzene rings is 2. The van der Waals surface area contributed by atoms with Gasteiger partial charge < -0.3 is 4.90 Å². The van der Waals surface area contributed by atoms with E-state index in [1.54, 1.807) is 40.5 Å². The van der Waals surface area contributed by atoms with Crippen molar-refractivity contribution in [1.82, 2.24) is 14.1 Å². The summed E-state index contributed by atoms with van der Waals surface area (Å²) in [7, 11) is -3.66. The highest BCUT2D eigenvalue weighted by Gasteiger charge is 2.36. The van der Waals surface area contributed by atoms with Crippen LogP contribution in [0.15, 0.2) is 64.9 Å². The fourth-order valence-electron chi connectivity index (χ4n) is 5.86. The van der Waals surface area contributed by atoms with Gasteiger partial charge in [-0.1, -0.05) is 45.0 Å². The highest BCUT2D eigenvalue weighted by atomic mass is 32.2. The molecule has 0 bridgehead atoms. The molecule has 40 heavy (non-hydrogen) atoms. The van der Waals surface area contributed by atoms with Gasteiger partial charge in [-0.05, 0) is 71.2 Å². The summed E-state index contributed by atoms with van der Waals surface area (Å²) in [4.78, 5) is 19.0. The molecule has 2 aromatic carbocycles.